The Morgan fingerprint density at radius 1 is 1.46 bits per heavy atom. The van der Waals surface area contributed by atoms with E-state index in [-0.39, 0.29) is 12.2 Å². The SMILES string of the molecule is C=C(/C=C\C/C(F)=C\C)Cc1cc(-c2n[nH]c(C)n2)ccc1NN. The van der Waals surface area contributed by atoms with Crippen molar-refractivity contribution in [3.63, 3.8) is 0 Å². The summed E-state index contributed by atoms with van der Waals surface area (Å²) in [7, 11) is 0. The summed E-state index contributed by atoms with van der Waals surface area (Å²) < 4.78 is 13.1. The van der Waals surface area contributed by atoms with E-state index in [1.54, 1.807) is 13.0 Å². The van der Waals surface area contributed by atoms with Crippen molar-refractivity contribution in [3.8, 4) is 11.4 Å². The van der Waals surface area contributed by atoms with Crippen molar-refractivity contribution in [2.75, 3.05) is 5.43 Å². The third kappa shape index (κ3) is 4.63. The molecule has 126 valence electrons. The fourth-order valence-corrected chi connectivity index (χ4v) is 2.25. The van der Waals surface area contributed by atoms with Gasteiger partial charge in [-0.05, 0) is 44.0 Å². The van der Waals surface area contributed by atoms with E-state index in [1.807, 2.05) is 31.2 Å². The fraction of sp³-hybridized carbons (Fsp3) is 0.222. The van der Waals surface area contributed by atoms with Crippen LogP contribution in [0, 0.1) is 6.92 Å². The summed E-state index contributed by atoms with van der Waals surface area (Å²) in [6.45, 7) is 7.54. The lowest BCUT2D eigenvalue weighted by molar-refractivity contribution is 0.615. The highest BCUT2D eigenvalue weighted by Crippen LogP contribution is 2.25. The van der Waals surface area contributed by atoms with Gasteiger partial charge >= 0.3 is 0 Å². The number of nitrogen functional groups attached to an aromatic ring is 1. The first kappa shape index (κ1) is 17.6. The number of halogens is 1. The van der Waals surface area contributed by atoms with Crippen molar-refractivity contribution >= 4 is 5.69 Å². The van der Waals surface area contributed by atoms with Crippen molar-refractivity contribution < 1.29 is 4.39 Å². The van der Waals surface area contributed by atoms with Crippen LogP contribution < -0.4 is 11.3 Å². The van der Waals surface area contributed by atoms with Crippen LogP contribution in [0.25, 0.3) is 11.4 Å². The number of benzene rings is 1. The number of hydrazine groups is 1. The minimum Gasteiger partial charge on any atom is -0.324 e. The number of anilines is 1. The maximum absolute atomic E-state index is 13.1. The van der Waals surface area contributed by atoms with Gasteiger partial charge in [0.1, 0.15) is 5.82 Å². The van der Waals surface area contributed by atoms with Crippen LogP contribution in [0.15, 0.2) is 54.4 Å². The molecule has 0 atom stereocenters. The van der Waals surface area contributed by atoms with Crippen molar-refractivity contribution in [2.24, 2.45) is 5.84 Å². The van der Waals surface area contributed by atoms with E-state index in [0.29, 0.717) is 12.2 Å². The molecule has 4 N–H and O–H groups in total. The molecule has 1 aromatic heterocycles. The first-order valence-corrected chi connectivity index (χ1v) is 7.67. The maximum atomic E-state index is 13.1. The standard InChI is InChI=1S/C18H22FN5/c1-4-16(19)7-5-6-12(2)10-15-11-14(8-9-17(15)22-20)18-21-13(3)23-24-18/h4-6,8-9,11,22H,2,7,10,20H2,1,3H3,(H,21,23,24)/b6-5-,16-4+. The van der Waals surface area contributed by atoms with Crippen molar-refractivity contribution in [1.82, 2.24) is 15.2 Å². The molecular weight excluding hydrogens is 305 g/mol. The van der Waals surface area contributed by atoms with Gasteiger partial charge in [0.15, 0.2) is 5.82 Å². The van der Waals surface area contributed by atoms with Crippen molar-refractivity contribution in [2.45, 2.75) is 26.7 Å². The molecule has 0 saturated heterocycles. The Hall–Kier alpha value is -2.73. The van der Waals surface area contributed by atoms with E-state index >= 15 is 0 Å². The van der Waals surface area contributed by atoms with Gasteiger partial charge in [0, 0.05) is 12.0 Å². The number of hydrogen-bond acceptors (Lipinski definition) is 4. The Balaban J connectivity index is 2.17. The molecular formula is C18H22FN5. The van der Waals surface area contributed by atoms with Gasteiger partial charge in [0.05, 0.1) is 11.5 Å². The van der Waals surface area contributed by atoms with Gasteiger partial charge in [-0.15, -0.1) is 0 Å². The highest BCUT2D eigenvalue weighted by Gasteiger charge is 2.09. The summed E-state index contributed by atoms with van der Waals surface area (Å²) >= 11 is 0. The number of aryl methyl sites for hydroxylation is 1. The lowest BCUT2D eigenvalue weighted by Gasteiger charge is -2.10. The molecule has 0 spiro atoms. The number of nitrogens with two attached hydrogens (primary N) is 1. The molecule has 0 bridgehead atoms. The van der Waals surface area contributed by atoms with Gasteiger partial charge in [0.25, 0.3) is 0 Å². The number of allylic oxidation sites excluding steroid dienone is 5. The molecule has 0 unspecified atom stereocenters. The second-order valence-electron chi connectivity index (χ2n) is 5.44. The van der Waals surface area contributed by atoms with Gasteiger partial charge in [-0.1, -0.05) is 30.4 Å². The van der Waals surface area contributed by atoms with Crippen LogP contribution in [0.2, 0.25) is 0 Å². The summed E-state index contributed by atoms with van der Waals surface area (Å²) in [5.74, 6) is 6.81. The van der Waals surface area contributed by atoms with Crippen molar-refractivity contribution in [1.29, 1.82) is 0 Å². The fourth-order valence-electron chi connectivity index (χ4n) is 2.25. The van der Waals surface area contributed by atoms with E-state index in [1.165, 1.54) is 6.08 Å². The van der Waals surface area contributed by atoms with Crippen LogP contribution in [0.5, 0.6) is 0 Å². The number of aromatic nitrogens is 3. The first-order valence-electron chi connectivity index (χ1n) is 7.67. The maximum Gasteiger partial charge on any atom is 0.181 e. The molecule has 1 aromatic carbocycles. The average molecular weight is 327 g/mol. The molecule has 6 heteroatoms. The molecule has 5 nitrogen and oxygen atoms in total. The Morgan fingerprint density at radius 3 is 2.88 bits per heavy atom. The topological polar surface area (TPSA) is 79.6 Å². The molecule has 0 fully saturated rings. The lowest BCUT2D eigenvalue weighted by Crippen LogP contribution is -2.09. The van der Waals surface area contributed by atoms with Crippen LogP contribution in [-0.4, -0.2) is 15.2 Å². The number of hydrogen-bond donors (Lipinski definition) is 3. The zero-order chi connectivity index (χ0) is 17.5. The number of H-pyrrole nitrogens is 1. The number of aromatic amines is 1. The molecule has 0 aliphatic rings. The molecule has 1 heterocycles. The normalized spacial score (nSPS) is 11.9. The highest BCUT2D eigenvalue weighted by atomic mass is 19.1. The summed E-state index contributed by atoms with van der Waals surface area (Å²) in [4.78, 5) is 4.33. The Labute approximate surface area is 141 Å². The van der Waals surface area contributed by atoms with Gasteiger partial charge in [0.2, 0.25) is 0 Å². The lowest BCUT2D eigenvalue weighted by atomic mass is 10.0. The smallest absolute Gasteiger partial charge is 0.181 e. The van der Waals surface area contributed by atoms with Gasteiger partial charge < -0.3 is 5.43 Å². The molecule has 24 heavy (non-hydrogen) atoms. The summed E-state index contributed by atoms with van der Waals surface area (Å²) in [6, 6.07) is 5.76. The van der Waals surface area contributed by atoms with Crippen molar-refractivity contribution in [3.05, 3.63) is 65.8 Å². The second kappa shape index (κ2) is 8.21. The monoisotopic (exact) mass is 327 g/mol. The molecule has 2 rings (SSSR count). The molecule has 2 aromatic rings. The van der Waals surface area contributed by atoms with Gasteiger partial charge in [-0.2, -0.15) is 5.10 Å². The molecule has 0 radical (unpaired) electrons. The third-order valence-electron chi connectivity index (χ3n) is 3.51. The largest absolute Gasteiger partial charge is 0.324 e. The molecule has 0 aliphatic carbocycles. The number of nitrogens with one attached hydrogen (secondary N) is 2. The zero-order valence-corrected chi connectivity index (χ0v) is 13.9. The molecule has 0 amide bonds. The summed E-state index contributed by atoms with van der Waals surface area (Å²) in [5.41, 5.74) is 6.22. The quantitative estimate of drug-likeness (QED) is 0.408. The van der Waals surface area contributed by atoms with Crippen LogP contribution in [0.4, 0.5) is 10.1 Å². The van der Waals surface area contributed by atoms with Crippen LogP contribution in [0.3, 0.4) is 0 Å². The number of nitrogens with zero attached hydrogens (tertiary/aromatic N) is 2. The van der Waals surface area contributed by atoms with E-state index in [2.05, 4.69) is 27.2 Å². The zero-order valence-electron chi connectivity index (χ0n) is 13.9. The van der Waals surface area contributed by atoms with Crippen LogP contribution in [0.1, 0.15) is 24.7 Å². The summed E-state index contributed by atoms with van der Waals surface area (Å²) in [5, 5.41) is 7.00. The van der Waals surface area contributed by atoms with Crippen LogP contribution >= 0.6 is 0 Å². The molecule has 0 saturated carbocycles. The van der Waals surface area contributed by atoms with E-state index in [9.17, 15) is 4.39 Å². The first-order chi connectivity index (χ1) is 11.5. The van der Waals surface area contributed by atoms with E-state index in [4.69, 9.17) is 5.84 Å². The van der Waals surface area contributed by atoms with E-state index in [0.717, 1.165) is 28.2 Å². The predicted molar refractivity (Wildman–Crippen MR) is 95.8 cm³/mol. The highest BCUT2D eigenvalue weighted by molar-refractivity contribution is 5.64. The van der Waals surface area contributed by atoms with Gasteiger partial charge in [-0.25, -0.2) is 9.37 Å². The molecule has 0 aliphatic heterocycles. The Kier molecular flexibility index (Phi) is 6.03. The Morgan fingerprint density at radius 2 is 2.25 bits per heavy atom. The minimum atomic E-state index is -0.162. The van der Waals surface area contributed by atoms with E-state index < -0.39 is 0 Å². The summed E-state index contributed by atoms with van der Waals surface area (Å²) in [6.07, 6.45) is 5.90. The third-order valence-corrected chi connectivity index (χ3v) is 3.51. The average Bonchev–Trinajstić information content (AvgIpc) is 3.01. The number of rotatable bonds is 7. The second-order valence-corrected chi connectivity index (χ2v) is 5.44. The predicted octanol–water partition coefficient (Wildman–Crippen LogP) is 3.98. The Bertz CT molecular complexity index is 773. The minimum absolute atomic E-state index is 0.162. The van der Waals surface area contributed by atoms with Crippen LogP contribution in [-0.2, 0) is 6.42 Å². The van der Waals surface area contributed by atoms with Gasteiger partial charge in [-0.3, -0.25) is 10.9 Å².